The van der Waals surface area contributed by atoms with Crippen molar-refractivity contribution in [3.05, 3.63) is 84.6 Å². The SMILES string of the molecule is O=[N+]([O-])c1ccc(N/N=C\c2ccc(-c3ccc(Cl)c(Cl)c3)o2)c([N+](=O)[O-])c1. The maximum Gasteiger partial charge on any atom is 0.301 e. The molecule has 2 aromatic carbocycles. The Morgan fingerprint density at radius 2 is 1.75 bits per heavy atom. The van der Waals surface area contributed by atoms with E-state index in [1.807, 2.05) is 0 Å². The van der Waals surface area contributed by atoms with Crippen molar-refractivity contribution in [2.24, 2.45) is 5.10 Å². The summed E-state index contributed by atoms with van der Waals surface area (Å²) in [6, 6.07) is 11.6. The van der Waals surface area contributed by atoms with Crippen molar-refractivity contribution in [2.45, 2.75) is 0 Å². The summed E-state index contributed by atoms with van der Waals surface area (Å²) in [4.78, 5) is 20.4. The minimum absolute atomic E-state index is 0.00288. The third kappa shape index (κ3) is 4.27. The molecule has 1 heterocycles. The fourth-order valence-electron chi connectivity index (χ4n) is 2.27. The summed E-state index contributed by atoms with van der Waals surface area (Å²) < 4.78 is 5.62. The number of nitrogens with one attached hydrogen (secondary N) is 1. The standard InChI is InChI=1S/C17H10Cl2N4O5/c18-13-4-1-10(7-14(13)19)17-6-3-12(28-17)9-20-21-15-5-2-11(22(24)25)8-16(15)23(26)27/h1-9,21H/b20-9-. The molecule has 9 nitrogen and oxygen atoms in total. The van der Waals surface area contributed by atoms with Crippen molar-refractivity contribution in [1.29, 1.82) is 0 Å². The topological polar surface area (TPSA) is 124 Å². The molecule has 3 rings (SSSR count). The molecule has 0 aliphatic heterocycles. The van der Waals surface area contributed by atoms with Gasteiger partial charge in [-0.25, -0.2) is 0 Å². The first-order valence-electron chi connectivity index (χ1n) is 7.62. The van der Waals surface area contributed by atoms with Gasteiger partial charge in [-0.2, -0.15) is 5.10 Å². The largest absolute Gasteiger partial charge is 0.455 e. The number of furan rings is 1. The second kappa shape index (κ2) is 8.07. The number of nitro groups is 2. The second-order valence-corrected chi connectivity index (χ2v) is 6.23. The first kappa shape index (κ1) is 19.3. The fraction of sp³-hybridized carbons (Fsp3) is 0. The summed E-state index contributed by atoms with van der Waals surface area (Å²) in [5.41, 5.74) is 2.34. The van der Waals surface area contributed by atoms with E-state index < -0.39 is 21.2 Å². The van der Waals surface area contributed by atoms with Crippen LogP contribution in [0.15, 0.2) is 58.0 Å². The van der Waals surface area contributed by atoms with Crippen LogP contribution in [-0.4, -0.2) is 16.1 Å². The van der Waals surface area contributed by atoms with Gasteiger partial charge in [0.2, 0.25) is 0 Å². The zero-order valence-electron chi connectivity index (χ0n) is 13.8. The summed E-state index contributed by atoms with van der Waals surface area (Å²) in [6.07, 6.45) is 1.31. The molecule has 142 valence electrons. The molecule has 0 unspecified atom stereocenters. The highest BCUT2D eigenvalue weighted by atomic mass is 35.5. The second-order valence-electron chi connectivity index (χ2n) is 5.42. The molecule has 0 saturated carbocycles. The van der Waals surface area contributed by atoms with E-state index in [9.17, 15) is 20.2 Å². The van der Waals surface area contributed by atoms with Crippen molar-refractivity contribution >= 4 is 46.5 Å². The molecule has 0 spiro atoms. The molecule has 1 aromatic heterocycles. The Morgan fingerprint density at radius 3 is 2.43 bits per heavy atom. The van der Waals surface area contributed by atoms with E-state index in [0.717, 1.165) is 12.1 Å². The van der Waals surface area contributed by atoms with Crippen LogP contribution in [0, 0.1) is 20.2 Å². The molecule has 28 heavy (non-hydrogen) atoms. The number of benzene rings is 2. The molecule has 3 aromatic rings. The van der Waals surface area contributed by atoms with E-state index >= 15 is 0 Å². The van der Waals surface area contributed by atoms with Gasteiger partial charge in [-0.05, 0) is 36.4 Å². The Labute approximate surface area is 167 Å². The van der Waals surface area contributed by atoms with Gasteiger partial charge in [0.1, 0.15) is 17.2 Å². The minimum Gasteiger partial charge on any atom is -0.455 e. The summed E-state index contributed by atoms with van der Waals surface area (Å²) >= 11 is 11.9. The Morgan fingerprint density at radius 1 is 0.964 bits per heavy atom. The van der Waals surface area contributed by atoms with Gasteiger partial charge >= 0.3 is 5.69 Å². The lowest BCUT2D eigenvalue weighted by atomic mass is 10.2. The van der Waals surface area contributed by atoms with Crippen molar-refractivity contribution in [3.63, 3.8) is 0 Å². The molecule has 1 N–H and O–H groups in total. The first-order valence-corrected chi connectivity index (χ1v) is 8.38. The van der Waals surface area contributed by atoms with Crippen LogP contribution in [-0.2, 0) is 0 Å². The molecule has 11 heteroatoms. The molecule has 0 amide bonds. The predicted molar refractivity (Wildman–Crippen MR) is 105 cm³/mol. The average Bonchev–Trinajstić information content (AvgIpc) is 3.12. The van der Waals surface area contributed by atoms with E-state index in [2.05, 4.69) is 10.5 Å². The number of non-ortho nitro benzene ring substituents is 1. The highest BCUT2D eigenvalue weighted by Crippen LogP contribution is 2.30. The Hall–Kier alpha value is -3.43. The zero-order valence-corrected chi connectivity index (χ0v) is 15.3. The molecule has 0 aliphatic carbocycles. The molecule has 0 bridgehead atoms. The third-order valence-corrected chi connectivity index (χ3v) is 4.34. The normalized spacial score (nSPS) is 10.9. The Balaban J connectivity index is 1.77. The van der Waals surface area contributed by atoms with E-state index in [4.69, 9.17) is 27.6 Å². The molecular formula is C17H10Cl2N4O5. The van der Waals surface area contributed by atoms with E-state index in [0.29, 0.717) is 27.1 Å². The summed E-state index contributed by atoms with van der Waals surface area (Å²) in [7, 11) is 0. The lowest BCUT2D eigenvalue weighted by Crippen LogP contribution is -1.98. The first-order chi connectivity index (χ1) is 13.3. The lowest BCUT2D eigenvalue weighted by Gasteiger charge is -2.01. The number of hydrogen-bond donors (Lipinski definition) is 1. The molecule has 0 atom stereocenters. The van der Waals surface area contributed by atoms with Gasteiger partial charge in [-0.1, -0.05) is 23.2 Å². The lowest BCUT2D eigenvalue weighted by molar-refractivity contribution is -0.393. The maximum absolute atomic E-state index is 11.1. The maximum atomic E-state index is 11.1. The quantitative estimate of drug-likeness (QED) is 0.318. The Bertz CT molecular complexity index is 1100. The van der Waals surface area contributed by atoms with Crippen LogP contribution in [0.5, 0.6) is 0 Å². The van der Waals surface area contributed by atoms with Crippen molar-refractivity contribution in [2.75, 3.05) is 5.43 Å². The van der Waals surface area contributed by atoms with Gasteiger partial charge in [0, 0.05) is 11.6 Å². The zero-order chi connectivity index (χ0) is 20.3. The predicted octanol–water partition coefficient (Wildman–Crippen LogP) is 5.52. The van der Waals surface area contributed by atoms with Crippen LogP contribution >= 0.6 is 23.2 Å². The molecule has 0 fully saturated rings. The average molecular weight is 421 g/mol. The van der Waals surface area contributed by atoms with Crippen LogP contribution in [0.4, 0.5) is 17.1 Å². The summed E-state index contributed by atoms with van der Waals surface area (Å²) in [5, 5.41) is 26.5. The number of hydrogen-bond acceptors (Lipinski definition) is 7. The third-order valence-electron chi connectivity index (χ3n) is 3.60. The van der Waals surface area contributed by atoms with E-state index in [1.165, 1.54) is 12.3 Å². The molecule has 0 radical (unpaired) electrons. The summed E-state index contributed by atoms with van der Waals surface area (Å²) in [6.45, 7) is 0. The number of anilines is 1. The van der Waals surface area contributed by atoms with Crippen molar-refractivity contribution in [3.8, 4) is 11.3 Å². The van der Waals surface area contributed by atoms with Crippen molar-refractivity contribution < 1.29 is 14.3 Å². The monoisotopic (exact) mass is 420 g/mol. The van der Waals surface area contributed by atoms with Gasteiger partial charge in [-0.3, -0.25) is 25.7 Å². The highest BCUT2D eigenvalue weighted by Gasteiger charge is 2.19. The number of nitro benzene ring substituents is 2. The van der Waals surface area contributed by atoms with Gasteiger partial charge in [0.25, 0.3) is 5.69 Å². The Kier molecular flexibility index (Phi) is 5.57. The van der Waals surface area contributed by atoms with Gasteiger partial charge in [0.15, 0.2) is 0 Å². The summed E-state index contributed by atoms with van der Waals surface area (Å²) in [5.74, 6) is 0.902. The number of nitrogens with zero attached hydrogens (tertiary/aromatic N) is 3. The fourth-order valence-corrected chi connectivity index (χ4v) is 2.57. The molecule has 0 saturated heterocycles. The number of hydrazone groups is 1. The van der Waals surface area contributed by atoms with Crippen LogP contribution < -0.4 is 5.43 Å². The van der Waals surface area contributed by atoms with Gasteiger partial charge in [0.05, 0.1) is 32.2 Å². The van der Waals surface area contributed by atoms with Crippen LogP contribution in [0.1, 0.15) is 5.76 Å². The number of halogens is 2. The van der Waals surface area contributed by atoms with E-state index in [-0.39, 0.29) is 5.69 Å². The minimum atomic E-state index is -0.736. The van der Waals surface area contributed by atoms with Gasteiger partial charge < -0.3 is 4.42 Å². The van der Waals surface area contributed by atoms with Crippen molar-refractivity contribution in [1.82, 2.24) is 0 Å². The smallest absolute Gasteiger partial charge is 0.301 e. The highest BCUT2D eigenvalue weighted by molar-refractivity contribution is 6.42. The van der Waals surface area contributed by atoms with Crippen LogP contribution in [0.25, 0.3) is 11.3 Å². The van der Waals surface area contributed by atoms with Crippen LogP contribution in [0.3, 0.4) is 0 Å². The molecule has 0 aliphatic rings. The van der Waals surface area contributed by atoms with E-state index in [1.54, 1.807) is 30.3 Å². The van der Waals surface area contributed by atoms with Gasteiger partial charge in [-0.15, -0.1) is 0 Å². The number of rotatable bonds is 6. The molecular weight excluding hydrogens is 411 g/mol. The van der Waals surface area contributed by atoms with Crippen LogP contribution in [0.2, 0.25) is 10.0 Å².